The summed E-state index contributed by atoms with van der Waals surface area (Å²) >= 11 is 3.67. The molecule has 2 aromatic heterocycles. The Labute approximate surface area is 646 Å². The van der Waals surface area contributed by atoms with Crippen LogP contribution in [0.1, 0.15) is 55.6 Å². The number of aromatic nitrogens is 4. The molecule has 0 saturated carbocycles. The van der Waals surface area contributed by atoms with E-state index < -0.39 is 10.8 Å². The van der Waals surface area contributed by atoms with Gasteiger partial charge in [-0.3, -0.25) is 0 Å². The first-order valence-corrected chi connectivity index (χ1v) is 38.5. The molecule has 0 bridgehead atoms. The maximum absolute atomic E-state index is 9.73. The molecular formula is C102H60N6S2. The highest BCUT2D eigenvalue weighted by molar-refractivity contribution is 7.99. The molecule has 4 aliphatic rings. The van der Waals surface area contributed by atoms with Crippen molar-refractivity contribution in [2.45, 2.75) is 30.4 Å². The fourth-order valence-electron chi connectivity index (χ4n) is 17.4. The molecule has 2 spiro atoms. The van der Waals surface area contributed by atoms with Gasteiger partial charge in [-0.1, -0.05) is 297 Å². The van der Waals surface area contributed by atoms with Crippen LogP contribution in [0.4, 0.5) is 0 Å². The van der Waals surface area contributed by atoms with E-state index in [1.807, 2.05) is 72.1 Å². The van der Waals surface area contributed by atoms with Crippen LogP contribution in [-0.2, 0) is 10.8 Å². The Morgan fingerprint density at radius 2 is 0.500 bits per heavy atom. The first kappa shape index (κ1) is 64.5. The number of nitrogens with zero attached hydrogens (tertiary/aromatic N) is 6. The molecule has 8 heteroatoms. The summed E-state index contributed by atoms with van der Waals surface area (Å²) in [5.41, 5.74) is 32.7. The quantitative estimate of drug-likeness (QED) is 0.134. The maximum Gasteiger partial charge on any atom is 0.160 e. The second-order valence-electron chi connectivity index (χ2n) is 28.5. The molecule has 21 rings (SSSR count). The van der Waals surface area contributed by atoms with Gasteiger partial charge in [-0.15, -0.1) is 0 Å². The van der Waals surface area contributed by atoms with Crippen LogP contribution < -0.4 is 0 Å². The lowest BCUT2D eigenvalue weighted by molar-refractivity contribution is 0.723. The Morgan fingerprint density at radius 3 is 0.973 bits per heavy atom. The molecule has 0 radical (unpaired) electrons. The van der Waals surface area contributed by atoms with E-state index in [4.69, 9.17) is 19.9 Å². The van der Waals surface area contributed by atoms with E-state index in [1.165, 1.54) is 86.3 Å². The molecule has 2 aliphatic carbocycles. The van der Waals surface area contributed by atoms with Crippen molar-refractivity contribution in [3.63, 3.8) is 0 Å². The van der Waals surface area contributed by atoms with E-state index >= 15 is 0 Å². The lowest BCUT2D eigenvalue weighted by Gasteiger charge is -2.40. The predicted molar refractivity (Wildman–Crippen MR) is 444 cm³/mol. The van der Waals surface area contributed by atoms with E-state index in [-0.39, 0.29) is 0 Å². The molecule has 0 saturated heterocycles. The number of nitriles is 2. The summed E-state index contributed by atoms with van der Waals surface area (Å²) in [5.74, 6) is 1.28. The number of benzene rings is 15. The van der Waals surface area contributed by atoms with Gasteiger partial charge in [-0.2, -0.15) is 10.5 Å². The van der Waals surface area contributed by atoms with Crippen LogP contribution in [-0.4, -0.2) is 19.9 Å². The molecule has 0 N–H and O–H groups in total. The van der Waals surface area contributed by atoms with Gasteiger partial charge in [0.05, 0.1) is 56.9 Å². The average Bonchev–Trinajstić information content (AvgIpc) is 1.34. The first-order valence-electron chi connectivity index (χ1n) is 36.9. The highest BCUT2D eigenvalue weighted by Crippen LogP contribution is 2.65. The number of hydrogen-bond donors (Lipinski definition) is 0. The van der Waals surface area contributed by atoms with E-state index in [0.29, 0.717) is 22.8 Å². The summed E-state index contributed by atoms with van der Waals surface area (Å²) in [6.07, 6.45) is 0. The second kappa shape index (κ2) is 26.0. The second-order valence-corrected chi connectivity index (χ2v) is 30.7. The lowest BCUT2D eigenvalue weighted by atomic mass is 9.66. The molecule has 6 nitrogen and oxygen atoms in total. The van der Waals surface area contributed by atoms with Crippen molar-refractivity contribution in [1.82, 2.24) is 19.9 Å². The standard InChI is InChI=1S/C102H60N6S2/c103-61-63-30-34-65(35-31-63)74-46-50-81-79-22-7-9-24-83(79)101(87(81)55-74)85-26-11-13-28-95(85)109-97-52-48-76(57-89(97)101)68-40-44-71(45-41-68)93-59-92(105-99(106-93)72-18-5-2-6-19-72)70-42-38-67(39-43-70)73-20-15-21-78(54-73)100-107-91(69-16-3-1-4-17-69)60-94(108-100)77-49-53-98-90(58-77)102(86-27-12-14-29-96(86)110-98)84-25-10-8-23-80(84)82-51-47-75(56-88(82)102)66-36-32-64(62-104)33-37-66/h1-60H. The van der Waals surface area contributed by atoms with E-state index in [1.54, 1.807) is 0 Å². The van der Waals surface area contributed by atoms with Gasteiger partial charge >= 0.3 is 0 Å². The van der Waals surface area contributed by atoms with Gasteiger partial charge in [0, 0.05) is 53.0 Å². The highest BCUT2D eigenvalue weighted by atomic mass is 32.2. The summed E-state index contributed by atoms with van der Waals surface area (Å²) in [6, 6.07) is 135. The first-order chi connectivity index (χ1) is 54.3. The van der Waals surface area contributed by atoms with Crippen molar-refractivity contribution < 1.29 is 0 Å². The lowest BCUT2D eigenvalue weighted by Crippen LogP contribution is -2.32. The van der Waals surface area contributed by atoms with Gasteiger partial charge in [0.25, 0.3) is 0 Å². The zero-order chi connectivity index (χ0) is 73.0. The Bertz CT molecular complexity index is 6720. The van der Waals surface area contributed by atoms with Crippen molar-refractivity contribution >= 4 is 23.5 Å². The van der Waals surface area contributed by atoms with Crippen LogP contribution in [0.5, 0.6) is 0 Å². The van der Waals surface area contributed by atoms with Crippen LogP contribution in [0, 0.1) is 22.7 Å². The van der Waals surface area contributed by atoms with Gasteiger partial charge in [0.2, 0.25) is 0 Å². The Balaban J connectivity index is 0.621. The molecule has 0 amide bonds. The van der Waals surface area contributed by atoms with Crippen molar-refractivity contribution in [2.24, 2.45) is 0 Å². The average molecular weight is 1430 g/mol. The SMILES string of the molecule is N#Cc1ccc(-c2ccc3c(c2)C2(c4ccccc4Sc4ccc(-c5ccc(-c6cc(-c7ccc(-c8cccc(-c9nc(-c%10ccccc%10)cc(-c%10ccc%11c(c%10)C%10(c%12ccccc%12S%11)c%11ccccc%11-c%11ccc(-c%12ccc(C#N)cc%12)cc%11%10)n9)c8)cc7)nc(-c7ccccc7)n6)cc5)cc42)c2ccccc2-3)cc1. The van der Waals surface area contributed by atoms with Gasteiger partial charge in [0.1, 0.15) is 0 Å². The largest absolute Gasteiger partial charge is 0.228 e. The van der Waals surface area contributed by atoms with Gasteiger partial charge in [0.15, 0.2) is 11.6 Å². The van der Waals surface area contributed by atoms with Crippen LogP contribution in [0.25, 0.3) is 135 Å². The summed E-state index contributed by atoms with van der Waals surface area (Å²) < 4.78 is 0. The maximum atomic E-state index is 9.73. The fourth-order valence-corrected chi connectivity index (χ4v) is 19.8. The van der Waals surface area contributed by atoms with Gasteiger partial charge in [-0.05, 0) is 202 Å². The minimum Gasteiger partial charge on any atom is -0.228 e. The Hall–Kier alpha value is -13.9. The molecule has 2 aliphatic heterocycles. The van der Waals surface area contributed by atoms with Crippen molar-refractivity contribution in [3.8, 4) is 147 Å². The molecule has 15 aromatic carbocycles. The Morgan fingerprint density at radius 1 is 0.200 bits per heavy atom. The predicted octanol–water partition coefficient (Wildman–Crippen LogP) is 25.3. The van der Waals surface area contributed by atoms with Crippen molar-refractivity contribution in [2.75, 3.05) is 0 Å². The molecule has 2 atom stereocenters. The molecule has 510 valence electrons. The van der Waals surface area contributed by atoms with Crippen molar-refractivity contribution in [3.05, 3.63) is 420 Å². The number of fused-ring (bicyclic) bond motifs is 18. The van der Waals surface area contributed by atoms with Gasteiger partial charge < -0.3 is 0 Å². The third-order valence-electron chi connectivity index (χ3n) is 22.6. The van der Waals surface area contributed by atoms with Crippen LogP contribution in [0.2, 0.25) is 0 Å². The molecule has 4 heterocycles. The number of hydrogen-bond acceptors (Lipinski definition) is 8. The smallest absolute Gasteiger partial charge is 0.160 e. The van der Waals surface area contributed by atoms with E-state index in [0.717, 1.165) is 101 Å². The summed E-state index contributed by atoms with van der Waals surface area (Å²) in [4.78, 5) is 26.4. The normalized spacial score (nSPS) is 14.9. The molecule has 0 fully saturated rings. The molecule has 2 unspecified atom stereocenters. The molecular weight excluding hydrogens is 1370 g/mol. The van der Waals surface area contributed by atoms with E-state index in [9.17, 15) is 10.5 Å². The summed E-state index contributed by atoms with van der Waals surface area (Å²) in [5, 5.41) is 19.4. The van der Waals surface area contributed by atoms with Crippen LogP contribution >= 0.6 is 23.5 Å². The van der Waals surface area contributed by atoms with E-state index in [2.05, 4.69) is 328 Å². The zero-order valence-electron chi connectivity index (χ0n) is 59.1. The van der Waals surface area contributed by atoms with Gasteiger partial charge in [-0.25, -0.2) is 19.9 Å². The topological polar surface area (TPSA) is 99.1 Å². The minimum absolute atomic E-state index is 0.587. The summed E-state index contributed by atoms with van der Waals surface area (Å²) in [6.45, 7) is 0. The molecule has 17 aromatic rings. The molecule has 110 heavy (non-hydrogen) atoms. The highest BCUT2D eigenvalue weighted by Gasteiger charge is 2.52. The summed E-state index contributed by atoms with van der Waals surface area (Å²) in [7, 11) is 0. The van der Waals surface area contributed by atoms with Crippen molar-refractivity contribution in [1.29, 1.82) is 10.5 Å². The van der Waals surface area contributed by atoms with Crippen LogP contribution in [0.15, 0.2) is 384 Å². The number of rotatable bonds is 10. The minimum atomic E-state index is -0.650. The Kier molecular flexibility index (Phi) is 15.2. The monoisotopic (exact) mass is 1430 g/mol. The zero-order valence-corrected chi connectivity index (χ0v) is 60.8. The van der Waals surface area contributed by atoms with Crippen LogP contribution in [0.3, 0.4) is 0 Å². The third kappa shape index (κ3) is 10.4. The third-order valence-corrected chi connectivity index (χ3v) is 24.9. The fraction of sp³-hybridized carbons (Fsp3) is 0.0196.